The van der Waals surface area contributed by atoms with Crippen LogP contribution in [0.2, 0.25) is 0 Å². The highest BCUT2D eigenvalue weighted by molar-refractivity contribution is 7.10. The third-order valence-corrected chi connectivity index (χ3v) is 5.73. The minimum atomic E-state index is -0.469. The lowest BCUT2D eigenvalue weighted by Gasteiger charge is -2.27. The number of amides is 2. The Kier molecular flexibility index (Phi) is 5.08. The first-order chi connectivity index (χ1) is 12.0. The smallest absolute Gasteiger partial charge is 0.235 e. The van der Waals surface area contributed by atoms with Gasteiger partial charge in [-0.15, -0.1) is 11.3 Å². The van der Waals surface area contributed by atoms with Gasteiger partial charge in [-0.2, -0.15) is 0 Å². The monoisotopic (exact) mass is 358 g/mol. The van der Waals surface area contributed by atoms with Crippen LogP contribution in [0.4, 0.5) is 11.4 Å². The first-order valence-corrected chi connectivity index (χ1v) is 9.24. The Morgan fingerprint density at radius 2 is 1.92 bits per heavy atom. The first kappa shape index (κ1) is 17.5. The molecule has 5 nitrogen and oxygen atoms in total. The molecule has 1 heterocycles. The van der Waals surface area contributed by atoms with Gasteiger partial charge in [0.1, 0.15) is 5.75 Å². The molecular weight excluding hydrogens is 336 g/mol. The molecule has 2 aromatic rings. The van der Waals surface area contributed by atoms with Gasteiger partial charge in [-0.25, -0.2) is 0 Å². The number of benzene rings is 1. The summed E-state index contributed by atoms with van der Waals surface area (Å²) >= 11 is 1.63. The van der Waals surface area contributed by atoms with Crippen LogP contribution in [0.5, 0.6) is 5.75 Å². The van der Waals surface area contributed by atoms with E-state index in [0.29, 0.717) is 17.1 Å². The summed E-state index contributed by atoms with van der Waals surface area (Å²) in [6, 6.07) is 9.26. The fourth-order valence-electron chi connectivity index (χ4n) is 3.44. The number of anilines is 2. The topological polar surface area (TPSA) is 67.4 Å². The molecule has 0 atom stereocenters. The molecule has 132 valence electrons. The molecule has 0 aliphatic heterocycles. The Morgan fingerprint density at radius 1 is 1.16 bits per heavy atom. The molecule has 1 saturated carbocycles. The van der Waals surface area contributed by atoms with Crippen LogP contribution in [0, 0.1) is 0 Å². The molecule has 2 amide bonds. The van der Waals surface area contributed by atoms with E-state index in [4.69, 9.17) is 4.74 Å². The van der Waals surface area contributed by atoms with Gasteiger partial charge in [0.2, 0.25) is 11.8 Å². The SMILES string of the molecule is COc1ccc(NC(C)=O)cc1NC(=O)C1(c2cccs2)CCCC1. The average molecular weight is 358 g/mol. The number of thiophene rings is 1. The van der Waals surface area contributed by atoms with Crippen molar-refractivity contribution in [1.29, 1.82) is 0 Å². The van der Waals surface area contributed by atoms with Crippen LogP contribution in [0.15, 0.2) is 35.7 Å². The number of nitrogens with one attached hydrogen (secondary N) is 2. The second-order valence-corrected chi connectivity index (χ2v) is 7.26. The molecule has 1 aromatic heterocycles. The van der Waals surface area contributed by atoms with Crippen molar-refractivity contribution in [2.75, 3.05) is 17.7 Å². The predicted octanol–water partition coefficient (Wildman–Crippen LogP) is 4.17. The molecular formula is C19H22N2O3S. The second-order valence-electron chi connectivity index (χ2n) is 6.32. The summed E-state index contributed by atoms with van der Waals surface area (Å²) in [4.78, 5) is 25.6. The molecule has 1 aliphatic carbocycles. The van der Waals surface area contributed by atoms with Gasteiger partial charge in [-0.05, 0) is 42.5 Å². The zero-order valence-electron chi connectivity index (χ0n) is 14.4. The first-order valence-electron chi connectivity index (χ1n) is 8.36. The Morgan fingerprint density at radius 3 is 2.52 bits per heavy atom. The van der Waals surface area contributed by atoms with Crippen LogP contribution in [0.1, 0.15) is 37.5 Å². The molecule has 1 aromatic carbocycles. The van der Waals surface area contributed by atoms with Gasteiger partial charge in [0, 0.05) is 17.5 Å². The van der Waals surface area contributed by atoms with Gasteiger partial charge >= 0.3 is 0 Å². The summed E-state index contributed by atoms with van der Waals surface area (Å²) in [5, 5.41) is 7.78. The second kappa shape index (κ2) is 7.27. The number of carbonyl (C=O) groups excluding carboxylic acids is 2. The summed E-state index contributed by atoms with van der Waals surface area (Å²) in [6.07, 6.45) is 3.81. The number of rotatable bonds is 5. The Balaban J connectivity index is 1.90. The lowest BCUT2D eigenvalue weighted by molar-refractivity contribution is -0.121. The van der Waals surface area contributed by atoms with Crippen molar-refractivity contribution in [3.8, 4) is 5.75 Å². The standard InChI is InChI=1S/C19H22N2O3S/c1-13(22)20-14-7-8-16(24-2)15(12-14)21-18(23)19(9-3-4-10-19)17-6-5-11-25-17/h5-8,11-12H,3-4,9-10H2,1-2H3,(H,20,22)(H,21,23). The third-order valence-electron chi connectivity index (χ3n) is 4.65. The van der Waals surface area contributed by atoms with Crippen LogP contribution in [-0.2, 0) is 15.0 Å². The van der Waals surface area contributed by atoms with Crippen molar-refractivity contribution in [2.45, 2.75) is 38.0 Å². The van der Waals surface area contributed by atoms with Crippen LogP contribution in [-0.4, -0.2) is 18.9 Å². The van der Waals surface area contributed by atoms with Crippen LogP contribution in [0.3, 0.4) is 0 Å². The van der Waals surface area contributed by atoms with E-state index in [-0.39, 0.29) is 11.8 Å². The van der Waals surface area contributed by atoms with Gasteiger partial charge in [-0.1, -0.05) is 18.9 Å². The molecule has 0 saturated heterocycles. The normalized spacial score (nSPS) is 15.6. The van der Waals surface area contributed by atoms with E-state index in [2.05, 4.69) is 10.6 Å². The van der Waals surface area contributed by atoms with Crippen molar-refractivity contribution < 1.29 is 14.3 Å². The molecule has 3 rings (SSSR count). The maximum absolute atomic E-state index is 13.2. The molecule has 1 fully saturated rings. The van der Waals surface area contributed by atoms with E-state index in [1.165, 1.54) is 6.92 Å². The largest absolute Gasteiger partial charge is 0.495 e. The minimum absolute atomic E-state index is 0.00859. The quantitative estimate of drug-likeness (QED) is 0.843. The van der Waals surface area contributed by atoms with E-state index >= 15 is 0 Å². The van der Waals surface area contributed by atoms with Gasteiger partial charge in [-0.3, -0.25) is 9.59 Å². The Labute approximate surface area is 151 Å². The molecule has 0 unspecified atom stereocenters. The fourth-order valence-corrected chi connectivity index (χ4v) is 4.43. The Bertz CT molecular complexity index is 765. The van der Waals surface area contributed by atoms with E-state index < -0.39 is 5.41 Å². The molecule has 0 spiro atoms. The van der Waals surface area contributed by atoms with Crippen molar-refractivity contribution >= 4 is 34.5 Å². The van der Waals surface area contributed by atoms with Crippen LogP contribution >= 0.6 is 11.3 Å². The summed E-state index contributed by atoms with van der Waals surface area (Å²) in [5.74, 6) is 0.404. The van der Waals surface area contributed by atoms with E-state index in [9.17, 15) is 9.59 Å². The lowest BCUT2D eigenvalue weighted by atomic mass is 9.83. The summed E-state index contributed by atoms with van der Waals surface area (Å²) in [6.45, 7) is 1.45. The van der Waals surface area contributed by atoms with E-state index in [1.807, 2.05) is 17.5 Å². The van der Waals surface area contributed by atoms with Crippen molar-refractivity contribution in [2.24, 2.45) is 0 Å². The Hall–Kier alpha value is -2.34. The fraction of sp³-hybridized carbons (Fsp3) is 0.368. The minimum Gasteiger partial charge on any atom is -0.495 e. The lowest BCUT2D eigenvalue weighted by Crippen LogP contribution is -2.37. The number of hydrogen-bond acceptors (Lipinski definition) is 4. The maximum Gasteiger partial charge on any atom is 0.235 e. The van der Waals surface area contributed by atoms with Gasteiger partial charge < -0.3 is 15.4 Å². The molecule has 1 aliphatic rings. The number of methoxy groups -OCH3 is 1. The predicted molar refractivity (Wildman–Crippen MR) is 100 cm³/mol. The van der Waals surface area contributed by atoms with Gasteiger partial charge in [0.25, 0.3) is 0 Å². The van der Waals surface area contributed by atoms with Crippen LogP contribution < -0.4 is 15.4 Å². The summed E-state index contributed by atoms with van der Waals surface area (Å²) in [5.41, 5.74) is 0.727. The van der Waals surface area contributed by atoms with Crippen LogP contribution in [0.25, 0.3) is 0 Å². The van der Waals surface area contributed by atoms with Gasteiger partial charge in [0.05, 0.1) is 18.2 Å². The van der Waals surface area contributed by atoms with Gasteiger partial charge in [0.15, 0.2) is 0 Å². The maximum atomic E-state index is 13.2. The zero-order chi connectivity index (χ0) is 17.9. The van der Waals surface area contributed by atoms with Crippen molar-refractivity contribution in [3.05, 3.63) is 40.6 Å². The molecule has 6 heteroatoms. The van der Waals surface area contributed by atoms with Crippen molar-refractivity contribution in [3.63, 3.8) is 0 Å². The average Bonchev–Trinajstić information content (AvgIpc) is 3.26. The highest BCUT2D eigenvalue weighted by Crippen LogP contribution is 2.44. The molecule has 0 bridgehead atoms. The molecule has 25 heavy (non-hydrogen) atoms. The molecule has 0 radical (unpaired) electrons. The summed E-state index contributed by atoms with van der Waals surface area (Å²) < 4.78 is 5.37. The number of carbonyl (C=O) groups is 2. The van der Waals surface area contributed by atoms with E-state index in [1.54, 1.807) is 36.6 Å². The van der Waals surface area contributed by atoms with E-state index in [0.717, 1.165) is 30.6 Å². The third kappa shape index (κ3) is 3.54. The zero-order valence-corrected chi connectivity index (χ0v) is 15.2. The highest BCUT2D eigenvalue weighted by atomic mass is 32.1. The molecule has 2 N–H and O–H groups in total. The summed E-state index contributed by atoms with van der Waals surface area (Å²) in [7, 11) is 1.56. The number of hydrogen-bond donors (Lipinski definition) is 2. The highest BCUT2D eigenvalue weighted by Gasteiger charge is 2.43. The number of ether oxygens (including phenoxy) is 1. The van der Waals surface area contributed by atoms with Crippen molar-refractivity contribution in [1.82, 2.24) is 0 Å².